The molecule has 2 aliphatic rings. The van der Waals surface area contributed by atoms with Crippen molar-refractivity contribution in [1.82, 2.24) is 5.32 Å². The Morgan fingerprint density at radius 2 is 2.00 bits per heavy atom. The van der Waals surface area contributed by atoms with E-state index < -0.39 is 0 Å². The Labute approximate surface area is 91.9 Å². The zero-order chi connectivity index (χ0) is 10.1. The van der Waals surface area contributed by atoms with Gasteiger partial charge in [0.1, 0.15) is 0 Å². The molecular formula is C14H19N. The van der Waals surface area contributed by atoms with Crippen LogP contribution in [0, 0.1) is 0 Å². The largest absolute Gasteiger partial charge is 0.313 e. The molecule has 1 heteroatoms. The van der Waals surface area contributed by atoms with Crippen molar-refractivity contribution in [1.29, 1.82) is 0 Å². The number of hydrogen-bond donors (Lipinski definition) is 1. The summed E-state index contributed by atoms with van der Waals surface area (Å²) in [5, 5.41) is 3.70. The predicted octanol–water partition coefficient (Wildman–Crippen LogP) is 2.86. The molecule has 1 aliphatic carbocycles. The number of nitrogens with one attached hydrogen (secondary N) is 1. The minimum Gasteiger partial charge on any atom is -0.313 e. The summed E-state index contributed by atoms with van der Waals surface area (Å²) in [7, 11) is 0. The lowest BCUT2D eigenvalue weighted by atomic mass is 9.83. The first-order chi connectivity index (χ1) is 7.45. The smallest absolute Gasteiger partial charge is 0.0136 e. The fraction of sp³-hybridized carbons (Fsp3) is 0.571. The summed E-state index contributed by atoms with van der Waals surface area (Å²) in [6.45, 7) is 1.23. The lowest BCUT2D eigenvalue weighted by Crippen LogP contribution is -2.39. The molecule has 1 aromatic carbocycles. The van der Waals surface area contributed by atoms with Crippen LogP contribution in [0.25, 0.3) is 0 Å². The molecule has 0 saturated carbocycles. The summed E-state index contributed by atoms with van der Waals surface area (Å²) < 4.78 is 0. The zero-order valence-corrected chi connectivity index (χ0v) is 9.21. The van der Waals surface area contributed by atoms with E-state index in [9.17, 15) is 0 Å². The number of fused-ring (bicyclic) bond motifs is 3. The highest BCUT2D eigenvalue weighted by molar-refractivity contribution is 5.33. The third-order valence-electron chi connectivity index (χ3n) is 4.00. The molecule has 1 saturated heterocycles. The molecule has 0 amide bonds. The molecule has 0 unspecified atom stereocenters. The summed E-state index contributed by atoms with van der Waals surface area (Å²) >= 11 is 0. The van der Waals surface area contributed by atoms with Gasteiger partial charge in [0.2, 0.25) is 0 Å². The van der Waals surface area contributed by atoms with Crippen LogP contribution in [-0.2, 0) is 6.42 Å². The molecule has 1 aliphatic heterocycles. The molecule has 0 aromatic heterocycles. The zero-order valence-electron chi connectivity index (χ0n) is 9.21. The van der Waals surface area contributed by atoms with Crippen molar-refractivity contribution in [2.24, 2.45) is 0 Å². The summed E-state index contributed by atoms with van der Waals surface area (Å²) in [6.07, 6.45) is 6.72. The van der Waals surface area contributed by atoms with Gasteiger partial charge >= 0.3 is 0 Å². The lowest BCUT2D eigenvalue weighted by molar-refractivity contribution is 0.337. The van der Waals surface area contributed by atoms with Crippen LogP contribution in [-0.4, -0.2) is 12.6 Å². The average molecular weight is 201 g/mol. The standard InChI is InChI=1S/C14H19N/c1-2-7-12-11(5-1)6-3-9-14-13(12)8-4-10-15-14/h1-2,5,7,13-15H,3-4,6,8-10H2/t13-,14+/m0/s1. The van der Waals surface area contributed by atoms with Gasteiger partial charge in [0.15, 0.2) is 0 Å². The third-order valence-corrected chi connectivity index (χ3v) is 4.00. The average Bonchev–Trinajstić information content (AvgIpc) is 2.48. The quantitative estimate of drug-likeness (QED) is 0.680. The Morgan fingerprint density at radius 1 is 1.07 bits per heavy atom. The monoisotopic (exact) mass is 201 g/mol. The highest BCUT2D eigenvalue weighted by Gasteiger charge is 2.29. The molecule has 2 atom stereocenters. The first kappa shape index (κ1) is 9.41. The van der Waals surface area contributed by atoms with Crippen LogP contribution in [0.5, 0.6) is 0 Å². The van der Waals surface area contributed by atoms with Crippen molar-refractivity contribution in [3.63, 3.8) is 0 Å². The SMILES string of the molecule is c1ccc2c(c1)CCC[C@H]1NCCC[C@@H]21. The molecule has 1 nitrogen and oxygen atoms in total. The number of rotatable bonds is 0. The molecule has 0 radical (unpaired) electrons. The van der Waals surface area contributed by atoms with Gasteiger partial charge in [-0.3, -0.25) is 0 Å². The lowest BCUT2D eigenvalue weighted by Gasteiger charge is -2.32. The Hall–Kier alpha value is -0.820. The fourth-order valence-corrected chi connectivity index (χ4v) is 3.26. The third kappa shape index (κ3) is 1.69. The van der Waals surface area contributed by atoms with Gasteiger partial charge in [-0.15, -0.1) is 0 Å². The van der Waals surface area contributed by atoms with Gasteiger partial charge in [-0.1, -0.05) is 24.3 Å². The van der Waals surface area contributed by atoms with Crippen LogP contribution < -0.4 is 5.32 Å². The van der Waals surface area contributed by atoms with Crippen molar-refractivity contribution < 1.29 is 0 Å². The normalized spacial score (nSPS) is 30.1. The van der Waals surface area contributed by atoms with E-state index in [4.69, 9.17) is 0 Å². The molecule has 15 heavy (non-hydrogen) atoms. The van der Waals surface area contributed by atoms with Crippen LogP contribution >= 0.6 is 0 Å². The first-order valence-corrected chi connectivity index (χ1v) is 6.26. The summed E-state index contributed by atoms with van der Waals surface area (Å²) in [6, 6.07) is 9.82. The molecule has 1 aromatic rings. The summed E-state index contributed by atoms with van der Waals surface area (Å²) in [5.74, 6) is 0.789. The Balaban J connectivity index is 1.99. The van der Waals surface area contributed by atoms with Crippen molar-refractivity contribution in [2.45, 2.75) is 44.1 Å². The van der Waals surface area contributed by atoms with E-state index in [2.05, 4.69) is 29.6 Å². The van der Waals surface area contributed by atoms with Gasteiger partial charge in [0.25, 0.3) is 0 Å². The van der Waals surface area contributed by atoms with Gasteiger partial charge in [-0.25, -0.2) is 0 Å². The van der Waals surface area contributed by atoms with Gasteiger partial charge in [0, 0.05) is 6.04 Å². The Morgan fingerprint density at radius 3 is 3.00 bits per heavy atom. The molecule has 3 rings (SSSR count). The fourth-order valence-electron chi connectivity index (χ4n) is 3.26. The van der Waals surface area contributed by atoms with Gasteiger partial charge in [-0.05, 0) is 55.7 Å². The number of hydrogen-bond acceptors (Lipinski definition) is 1. The molecule has 0 spiro atoms. The molecular weight excluding hydrogens is 182 g/mol. The molecule has 1 N–H and O–H groups in total. The van der Waals surface area contributed by atoms with E-state index in [0.29, 0.717) is 0 Å². The predicted molar refractivity (Wildman–Crippen MR) is 63.1 cm³/mol. The summed E-state index contributed by atoms with van der Waals surface area (Å²) in [5.41, 5.74) is 3.24. The van der Waals surface area contributed by atoms with E-state index in [1.165, 1.54) is 38.6 Å². The van der Waals surface area contributed by atoms with Gasteiger partial charge < -0.3 is 5.32 Å². The minimum absolute atomic E-state index is 0.752. The van der Waals surface area contributed by atoms with Crippen LogP contribution in [0.2, 0.25) is 0 Å². The maximum absolute atomic E-state index is 3.70. The number of piperidine rings is 1. The van der Waals surface area contributed by atoms with Crippen molar-refractivity contribution in [2.75, 3.05) is 6.54 Å². The Kier molecular flexibility index (Phi) is 2.49. The minimum atomic E-state index is 0.752. The second-order valence-corrected chi connectivity index (χ2v) is 4.90. The van der Waals surface area contributed by atoms with Crippen molar-refractivity contribution in [3.8, 4) is 0 Å². The second kappa shape index (κ2) is 3.97. The second-order valence-electron chi connectivity index (χ2n) is 4.90. The van der Waals surface area contributed by atoms with E-state index >= 15 is 0 Å². The van der Waals surface area contributed by atoms with Crippen LogP contribution in [0.15, 0.2) is 24.3 Å². The van der Waals surface area contributed by atoms with Crippen molar-refractivity contribution >= 4 is 0 Å². The van der Waals surface area contributed by atoms with E-state index in [0.717, 1.165) is 12.0 Å². The molecule has 1 heterocycles. The maximum Gasteiger partial charge on any atom is 0.0136 e. The molecule has 0 bridgehead atoms. The first-order valence-electron chi connectivity index (χ1n) is 6.26. The number of benzene rings is 1. The van der Waals surface area contributed by atoms with Crippen LogP contribution in [0.3, 0.4) is 0 Å². The molecule has 80 valence electrons. The van der Waals surface area contributed by atoms with Gasteiger partial charge in [-0.2, -0.15) is 0 Å². The van der Waals surface area contributed by atoms with Crippen LogP contribution in [0.1, 0.15) is 42.7 Å². The molecule has 1 fully saturated rings. The highest BCUT2D eigenvalue weighted by atomic mass is 14.9. The van der Waals surface area contributed by atoms with Crippen molar-refractivity contribution in [3.05, 3.63) is 35.4 Å². The topological polar surface area (TPSA) is 12.0 Å². The van der Waals surface area contributed by atoms with E-state index in [1.807, 2.05) is 0 Å². The number of aryl methyl sites for hydroxylation is 1. The van der Waals surface area contributed by atoms with Gasteiger partial charge in [0.05, 0.1) is 0 Å². The van der Waals surface area contributed by atoms with Crippen LogP contribution in [0.4, 0.5) is 0 Å². The Bertz CT molecular complexity index is 345. The highest BCUT2D eigenvalue weighted by Crippen LogP contribution is 2.35. The maximum atomic E-state index is 3.70. The van der Waals surface area contributed by atoms with E-state index in [-0.39, 0.29) is 0 Å². The summed E-state index contributed by atoms with van der Waals surface area (Å²) in [4.78, 5) is 0. The van der Waals surface area contributed by atoms with E-state index in [1.54, 1.807) is 11.1 Å².